The molecule has 5 nitrogen and oxygen atoms in total. The van der Waals surface area contributed by atoms with Crippen LogP contribution in [0.5, 0.6) is 0 Å². The molecule has 1 fully saturated rings. The predicted molar refractivity (Wildman–Crippen MR) is 249 cm³/mol. The molecule has 2 atom stereocenters. The first-order chi connectivity index (χ1) is 30.0. The first kappa shape index (κ1) is 35.9. The molecule has 6 aromatic carbocycles. The van der Waals surface area contributed by atoms with E-state index in [1.807, 2.05) is 36.4 Å². The zero-order valence-corrected chi connectivity index (χ0v) is 34.7. The number of fused-ring (bicyclic) bond motifs is 7. The van der Waals surface area contributed by atoms with Gasteiger partial charge in [-0.1, -0.05) is 166 Å². The normalized spacial score (nSPS) is 19.3. The van der Waals surface area contributed by atoms with E-state index < -0.39 is 5.41 Å². The number of nitrogens with zero attached hydrogens (tertiary/aromatic N) is 4. The third-order valence-corrected chi connectivity index (χ3v) is 14.3. The second-order valence-corrected chi connectivity index (χ2v) is 17.8. The van der Waals surface area contributed by atoms with Gasteiger partial charge in [-0.3, -0.25) is 0 Å². The van der Waals surface area contributed by atoms with Crippen molar-refractivity contribution in [3.05, 3.63) is 210 Å². The third kappa shape index (κ3) is 5.31. The van der Waals surface area contributed by atoms with Gasteiger partial charge in [-0.2, -0.15) is 0 Å². The van der Waals surface area contributed by atoms with Crippen LogP contribution in [0.25, 0.3) is 71.1 Å². The zero-order valence-electron chi connectivity index (χ0n) is 33.8. The number of rotatable bonds is 6. The molecule has 3 aliphatic rings. The standard InChI is InChI=1S/C55H40N4OS/c1-34-32-41(48-42-27-14-15-31-54(42,2)55(43(48)33-34,36-20-8-4-9-21-36)37-22-10-5-11-23-37)52-58-50(35-18-6-3-7-19-35)57-51(59-52)39-25-17-29-45-47(39)38-24-16-26-40(49(38)60-45)53-56-44-28-12-13-30-46(44)61-53/h3-30,33-34H,31-32H2,1-2H3. The number of thiazole rings is 1. The van der Waals surface area contributed by atoms with Crippen LogP contribution in [-0.2, 0) is 5.41 Å². The van der Waals surface area contributed by atoms with Crippen molar-refractivity contribution in [3.8, 4) is 33.3 Å². The van der Waals surface area contributed by atoms with Crippen molar-refractivity contribution in [1.29, 1.82) is 0 Å². The Bertz CT molecular complexity index is 3270. The fourth-order valence-electron chi connectivity index (χ4n) is 10.6. The van der Waals surface area contributed by atoms with Gasteiger partial charge < -0.3 is 4.42 Å². The van der Waals surface area contributed by atoms with E-state index in [-0.39, 0.29) is 11.3 Å². The fraction of sp³-hybridized carbons (Fsp3) is 0.127. The van der Waals surface area contributed by atoms with Crippen molar-refractivity contribution in [2.24, 2.45) is 11.3 Å². The summed E-state index contributed by atoms with van der Waals surface area (Å²) >= 11 is 1.68. The minimum absolute atomic E-state index is 0.237. The van der Waals surface area contributed by atoms with Crippen molar-refractivity contribution in [2.45, 2.75) is 32.1 Å². The summed E-state index contributed by atoms with van der Waals surface area (Å²) < 4.78 is 7.92. The van der Waals surface area contributed by atoms with E-state index in [9.17, 15) is 0 Å². The maximum atomic E-state index is 6.77. The van der Waals surface area contributed by atoms with Gasteiger partial charge in [0.2, 0.25) is 0 Å². The average molecular weight is 805 g/mol. The minimum atomic E-state index is -0.443. The number of allylic oxidation sites excluding steroid dienone is 8. The maximum absolute atomic E-state index is 6.77. The lowest BCUT2D eigenvalue weighted by Crippen LogP contribution is -2.43. The van der Waals surface area contributed by atoms with E-state index in [1.165, 1.54) is 27.8 Å². The Kier molecular flexibility index (Phi) is 8.10. The largest absolute Gasteiger partial charge is 0.455 e. The number of hydrogen-bond acceptors (Lipinski definition) is 6. The van der Waals surface area contributed by atoms with Crippen LogP contribution >= 0.6 is 11.3 Å². The summed E-state index contributed by atoms with van der Waals surface area (Å²) in [4.78, 5) is 21.3. The van der Waals surface area contributed by atoms with Crippen molar-refractivity contribution in [2.75, 3.05) is 0 Å². The molecule has 0 saturated heterocycles. The van der Waals surface area contributed by atoms with Crippen LogP contribution in [0, 0.1) is 11.3 Å². The molecule has 0 radical (unpaired) electrons. The smallest absolute Gasteiger partial charge is 0.164 e. The SMILES string of the molecule is CC1C=C2C(=C(c3nc(-c4ccccc4)nc(-c4cccc5oc6c(-c7nc8ccccc8s7)cccc6c45)n3)C1)C1=CC=CCC1(C)C2(c1ccccc1)c1ccccc1. The van der Waals surface area contributed by atoms with Crippen molar-refractivity contribution in [3.63, 3.8) is 0 Å². The van der Waals surface area contributed by atoms with Crippen LogP contribution in [0.2, 0.25) is 0 Å². The summed E-state index contributed by atoms with van der Waals surface area (Å²) in [5.74, 6) is 2.22. The number of hydrogen-bond donors (Lipinski definition) is 0. The molecule has 0 spiro atoms. The molecule has 3 aromatic heterocycles. The molecule has 3 heterocycles. The van der Waals surface area contributed by atoms with Gasteiger partial charge in [0, 0.05) is 32.9 Å². The molecule has 0 aliphatic heterocycles. The van der Waals surface area contributed by atoms with Crippen LogP contribution in [0.4, 0.5) is 0 Å². The van der Waals surface area contributed by atoms with Crippen molar-refractivity contribution < 1.29 is 4.42 Å². The van der Waals surface area contributed by atoms with Crippen LogP contribution in [0.3, 0.4) is 0 Å². The molecular weight excluding hydrogens is 765 g/mol. The lowest BCUT2D eigenvalue weighted by molar-refractivity contribution is 0.295. The monoisotopic (exact) mass is 804 g/mol. The highest BCUT2D eigenvalue weighted by atomic mass is 32.1. The van der Waals surface area contributed by atoms with Gasteiger partial charge in [-0.05, 0) is 70.9 Å². The van der Waals surface area contributed by atoms with E-state index in [0.717, 1.165) is 72.3 Å². The molecule has 0 N–H and O–H groups in total. The second-order valence-electron chi connectivity index (χ2n) is 16.8. The van der Waals surface area contributed by atoms with Crippen molar-refractivity contribution >= 4 is 49.1 Å². The average Bonchev–Trinajstić information content (AvgIpc) is 3.99. The van der Waals surface area contributed by atoms with Gasteiger partial charge in [0.25, 0.3) is 0 Å². The Morgan fingerprint density at radius 2 is 1.31 bits per heavy atom. The molecule has 1 saturated carbocycles. The molecular formula is C55H40N4OS. The lowest BCUT2D eigenvalue weighted by Gasteiger charge is -2.46. The zero-order chi connectivity index (χ0) is 40.7. The summed E-state index contributed by atoms with van der Waals surface area (Å²) in [7, 11) is 0. The second kappa shape index (κ2) is 13.8. The first-order valence-electron chi connectivity index (χ1n) is 21.1. The van der Waals surface area contributed by atoms with Crippen LogP contribution in [0.15, 0.2) is 197 Å². The van der Waals surface area contributed by atoms with E-state index in [0.29, 0.717) is 17.5 Å². The lowest BCUT2D eigenvalue weighted by atomic mass is 9.55. The maximum Gasteiger partial charge on any atom is 0.164 e. The minimum Gasteiger partial charge on any atom is -0.455 e. The Morgan fingerprint density at radius 1 is 0.639 bits per heavy atom. The highest BCUT2D eigenvalue weighted by Crippen LogP contribution is 2.69. The molecule has 6 heteroatoms. The van der Waals surface area contributed by atoms with Gasteiger partial charge in [0.15, 0.2) is 17.5 Å². The Morgan fingerprint density at radius 3 is 2.08 bits per heavy atom. The van der Waals surface area contributed by atoms with Crippen LogP contribution in [-0.4, -0.2) is 19.9 Å². The van der Waals surface area contributed by atoms with Gasteiger partial charge in [0.1, 0.15) is 16.2 Å². The molecule has 0 amide bonds. The quantitative estimate of drug-likeness (QED) is 0.167. The van der Waals surface area contributed by atoms with Gasteiger partial charge >= 0.3 is 0 Å². The van der Waals surface area contributed by atoms with Gasteiger partial charge in [-0.25, -0.2) is 19.9 Å². The molecule has 3 aliphatic carbocycles. The Balaban J connectivity index is 1.12. The molecule has 61 heavy (non-hydrogen) atoms. The number of aromatic nitrogens is 4. The van der Waals surface area contributed by atoms with E-state index in [4.69, 9.17) is 24.4 Å². The number of benzene rings is 6. The molecule has 9 aromatic rings. The van der Waals surface area contributed by atoms with E-state index >= 15 is 0 Å². The predicted octanol–water partition coefficient (Wildman–Crippen LogP) is 14.0. The van der Waals surface area contributed by atoms with E-state index in [1.54, 1.807) is 11.3 Å². The highest BCUT2D eigenvalue weighted by molar-refractivity contribution is 7.21. The van der Waals surface area contributed by atoms with Crippen LogP contribution in [0.1, 0.15) is 43.6 Å². The van der Waals surface area contributed by atoms with E-state index in [2.05, 4.69) is 153 Å². The summed E-state index contributed by atoms with van der Waals surface area (Å²) in [6, 6.07) is 53.4. The Labute approximate surface area is 358 Å². The first-order valence-corrected chi connectivity index (χ1v) is 21.9. The third-order valence-electron chi connectivity index (χ3n) is 13.2. The number of furan rings is 1. The highest BCUT2D eigenvalue weighted by Gasteiger charge is 2.62. The van der Waals surface area contributed by atoms with Crippen molar-refractivity contribution in [1.82, 2.24) is 19.9 Å². The topological polar surface area (TPSA) is 64.7 Å². The fourth-order valence-corrected chi connectivity index (χ4v) is 11.6. The molecule has 0 bridgehead atoms. The number of para-hydroxylation sites is 2. The summed E-state index contributed by atoms with van der Waals surface area (Å²) in [6.45, 7) is 4.81. The Hall–Kier alpha value is -7.02. The molecule has 12 rings (SSSR count). The summed E-state index contributed by atoms with van der Waals surface area (Å²) in [5, 5.41) is 2.92. The molecule has 292 valence electrons. The van der Waals surface area contributed by atoms with Gasteiger partial charge in [-0.15, -0.1) is 11.3 Å². The van der Waals surface area contributed by atoms with Crippen LogP contribution < -0.4 is 0 Å². The molecule has 2 unspecified atom stereocenters. The summed E-state index contributed by atoms with van der Waals surface area (Å²) in [6.07, 6.45) is 11.2. The summed E-state index contributed by atoms with van der Waals surface area (Å²) in [5.41, 5.74) is 12.4. The van der Waals surface area contributed by atoms with Gasteiger partial charge in [0.05, 0.1) is 21.2 Å².